The summed E-state index contributed by atoms with van der Waals surface area (Å²) in [6.45, 7) is 5.35. The molecule has 0 spiro atoms. The van der Waals surface area contributed by atoms with Gasteiger partial charge in [0.15, 0.2) is 0 Å². The molecule has 3 aromatic carbocycles. The molecule has 1 N–H and O–H groups in total. The van der Waals surface area contributed by atoms with Crippen LogP contribution in [-0.4, -0.2) is 43.8 Å². The van der Waals surface area contributed by atoms with Crippen LogP contribution in [0.4, 0.5) is 5.69 Å². The highest BCUT2D eigenvalue weighted by Gasteiger charge is 2.33. The minimum absolute atomic E-state index is 0.0944. The molecular weight excluding hydrogens is 522 g/mol. The highest BCUT2D eigenvalue weighted by Crippen LogP contribution is 2.25. The van der Waals surface area contributed by atoms with Crippen LogP contribution in [0.2, 0.25) is 0 Å². The lowest BCUT2D eigenvalue weighted by molar-refractivity contribution is -0.139. The lowest BCUT2D eigenvalue weighted by Crippen LogP contribution is -2.53. The summed E-state index contributed by atoms with van der Waals surface area (Å²) in [4.78, 5) is 29.1. The molecule has 7 nitrogen and oxygen atoms in total. The fraction of sp³-hybridized carbons (Fsp3) is 0.375. The van der Waals surface area contributed by atoms with E-state index in [1.165, 1.54) is 23.5 Å². The van der Waals surface area contributed by atoms with E-state index in [0.717, 1.165) is 46.7 Å². The molecule has 1 aliphatic carbocycles. The zero-order valence-corrected chi connectivity index (χ0v) is 24.4. The molecule has 2 amide bonds. The fourth-order valence-electron chi connectivity index (χ4n) is 5.08. The Labute approximate surface area is 238 Å². The summed E-state index contributed by atoms with van der Waals surface area (Å²) >= 11 is 0. The van der Waals surface area contributed by atoms with Crippen molar-refractivity contribution in [3.63, 3.8) is 0 Å². The molecule has 0 aromatic heterocycles. The van der Waals surface area contributed by atoms with Crippen molar-refractivity contribution < 1.29 is 18.0 Å². The van der Waals surface area contributed by atoms with Gasteiger partial charge in [-0.25, -0.2) is 8.42 Å². The monoisotopic (exact) mass is 561 g/mol. The third-order valence-electron chi connectivity index (χ3n) is 7.65. The Balaban J connectivity index is 1.67. The number of rotatable bonds is 10. The number of carbonyl (C=O) groups is 2. The van der Waals surface area contributed by atoms with E-state index in [2.05, 4.69) is 5.32 Å². The zero-order valence-electron chi connectivity index (χ0n) is 23.5. The van der Waals surface area contributed by atoms with Crippen LogP contribution in [0.1, 0.15) is 55.7 Å². The van der Waals surface area contributed by atoms with Gasteiger partial charge in [-0.3, -0.25) is 13.9 Å². The van der Waals surface area contributed by atoms with Crippen LogP contribution in [0.3, 0.4) is 0 Å². The fourth-order valence-corrected chi connectivity index (χ4v) is 6.52. The highest BCUT2D eigenvalue weighted by molar-refractivity contribution is 7.92. The van der Waals surface area contributed by atoms with Gasteiger partial charge in [-0.05, 0) is 69.0 Å². The number of carbonyl (C=O) groups excluding carboxylic acids is 2. The summed E-state index contributed by atoms with van der Waals surface area (Å²) in [5.41, 5.74) is 3.26. The van der Waals surface area contributed by atoms with Gasteiger partial charge in [0.25, 0.3) is 10.0 Å². The van der Waals surface area contributed by atoms with Crippen LogP contribution < -0.4 is 9.62 Å². The third kappa shape index (κ3) is 7.10. The zero-order chi connectivity index (χ0) is 28.7. The molecule has 8 heteroatoms. The Bertz CT molecular complexity index is 1400. The van der Waals surface area contributed by atoms with Gasteiger partial charge in [0.1, 0.15) is 12.6 Å². The maximum Gasteiger partial charge on any atom is 0.264 e. The van der Waals surface area contributed by atoms with Gasteiger partial charge in [-0.1, -0.05) is 79.4 Å². The van der Waals surface area contributed by atoms with E-state index < -0.39 is 28.5 Å². The van der Waals surface area contributed by atoms with Gasteiger partial charge >= 0.3 is 0 Å². The van der Waals surface area contributed by atoms with Crippen LogP contribution in [0, 0.1) is 13.8 Å². The molecule has 1 fully saturated rings. The number of amides is 2. The minimum Gasteiger partial charge on any atom is -0.352 e. The molecular formula is C32H39N3O4S. The molecule has 0 heterocycles. The summed E-state index contributed by atoms with van der Waals surface area (Å²) in [5, 5.41) is 3.14. The quantitative estimate of drug-likeness (QED) is 0.361. The van der Waals surface area contributed by atoms with E-state index in [1.807, 2.05) is 50.2 Å². The summed E-state index contributed by atoms with van der Waals surface area (Å²) < 4.78 is 28.8. The van der Waals surface area contributed by atoms with Gasteiger partial charge in [0, 0.05) is 12.6 Å². The molecule has 0 saturated heterocycles. The topological polar surface area (TPSA) is 86.8 Å². The number of hydrogen-bond acceptors (Lipinski definition) is 4. The van der Waals surface area contributed by atoms with E-state index in [4.69, 9.17) is 0 Å². The van der Waals surface area contributed by atoms with Crippen molar-refractivity contribution in [3.05, 3.63) is 95.6 Å². The van der Waals surface area contributed by atoms with Gasteiger partial charge < -0.3 is 10.2 Å². The Morgan fingerprint density at radius 2 is 1.50 bits per heavy atom. The lowest BCUT2D eigenvalue weighted by atomic mass is 9.95. The van der Waals surface area contributed by atoms with Crippen molar-refractivity contribution in [2.45, 2.75) is 76.4 Å². The van der Waals surface area contributed by atoms with Gasteiger partial charge in [0.2, 0.25) is 11.8 Å². The Hall–Kier alpha value is -3.65. The van der Waals surface area contributed by atoms with Crippen molar-refractivity contribution >= 4 is 27.5 Å². The smallest absolute Gasteiger partial charge is 0.264 e. The number of benzene rings is 3. The first-order chi connectivity index (χ1) is 19.2. The minimum atomic E-state index is -4.06. The van der Waals surface area contributed by atoms with Crippen molar-refractivity contribution in [2.75, 3.05) is 10.8 Å². The highest BCUT2D eigenvalue weighted by atomic mass is 32.2. The van der Waals surface area contributed by atoms with Gasteiger partial charge in [-0.2, -0.15) is 0 Å². The molecule has 212 valence electrons. The number of nitrogens with one attached hydrogen (secondary N) is 1. The van der Waals surface area contributed by atoms with E-state index in [-0.39, 0.29) is 23.4 Å². The van der Waals surface area contributed by atoms with Crippen LogP contribution in [0.15, 0.2) is 83.8 Å². The first-order valence-corrected chi connectivity index (χ1v) is 15.4. The molecule has 40 heavy (non-hydrogen) atoms. The second-order valence-electron chi connectivity index (χ2n) is 10.6. The second-order valence-corrected chi connectivity index (χ2v) is 12.5. The number of aryl methyl sites for hydroxylation is 2. The lowest BCUT2D eigenvalue weighted by Gasteiger charge is -2.33. The van der Waals surface area contributed by atoms with Crippen LogP contribution in [0.5, 0.6) is 0 Å². The molecule has 1 atom stereocenters. The maximum atomic E-state index is 14.1. The molecule has 3 aromatic rings. The molecule has 0 aliphatic heterocycles. The van der Waals surface area contributed by atoms with E-state index in [1.54, 1.807) is 37.3 Å². The molecule has 0 bridgehead atoms. The summed E-state index contributed by atoms with van der Waals surface area (Å²) in [6.07, 6.45) is 5.19. The first-order valence-electron chi connectivity index (χ1n) is 14.0. The van der Waals surface area contributed by atoms with Crippen LogP contribution in [-0.2, 0) is 26.2 Å². The SMILES string of the molecule is Cc1ccc(N(CC(=O)N(Cc2ccccc2C)[C@@H](C)C(=O)NC2CCCCC2)S(=O)(=O)c2ccccc2)cc1. The van der Waals surface area contributed by atoms with Crippen LogP contribution in [0.25, 0.3) is 0 Å². The van der Waals surface area contributed by atoms with Crippen molar-refractivity contribution in [2.24, 2.45) is 0 Å². The Kier molecular flexibility index (Phi) is 9.63. The summed E-state index contributed by atoms with van der Waals surface area (Å²) in [6, 6.07) is 22.2. The number of hydrogen-bond donors (Lipinski definition) is 1. The largest absolute Gasteiger partial charge is 0.352 e. The van der Waals surface area contributed by atoms with Crippen molar-refractivity contribution in [1.29, 1.82) is 0 Å². The normalized spacial score (nSPS) is 14.8. The van der Waals surface area contributed by atoms with Crippen LogP contribution >= 0.6 is 0 Å². The van der Waals surface area contributed by atoms with Crippen molar-refractivity contribution in [1.82, 2.24) is 10.2 Å². The molecule has 4 rings (SSSR count). The Morgan fingerprint density at radius 1 is 0.875 bits per heavy atom. The number of sulfonamides is 1. The number of nitrogens with zero attached hydrogens (tertiary/aromatic N) is 2. The maximum absolute atomic E-state index is 14.1. The standard InChI is InChI=1S/C32H39N3O4S/c1-24-18-20-29(21-19-24)35(40(38,39)30-16-8-5-9-17-30)23-31(36)34(22-27-13-11-10-12-25(27)2)26(3)32(37)33-28-14-6-4-7-15-28/h5,8-13,16-21,26,28H,4,6-7,14-15,22-23H2,1-3H3,(H,33,37)/t26-/m0/s1. The predicted molar refractivity (Wildman–Crippen MR) is 158 cm³/mol. The average molecular weight is 562 g/mol. The summed E-state index contributed by atoms with van der Waals surface area (Å²) in [7, 11) is -4.06. The molecule has 1 aliphatic rings. The van der Waals surface area contributed by atoms with E-state index in [0.29, 0.717) is 5.69 Å². The van der Waals surface area contributed by atoms with E-state index >= 15 is 0 Å². The average Bonchev–Trinajstić information content (AvgIpc) is 2.96. The predicted octanol–water partition coefficient (Wildman–Crippen LogP) is 5.36. The van der Waals surface area contributed by atoms with E-state index in [9.17, 15) is 18.0 Å². The summed E-state index contributed by atoms with van der Waals surface area (Å²) in [5.74, 6) is -0.670. The molecule has 0 unspecified atom stereocenters. The second kappa shape index (κ2) is 13.1. The Morgan fingerprint density at radius 3 is 2.15 bits per heavy atom. The number of anilines is 1. The van der Waals surface area contributed by atoms with Gasteiger partial charge in [-0.15, -0.1) is 0 Å². The first kappa shape index (κ1) is 29.3. The third-order valence-corrected chi connectivity index (χ3v) is 9.44. The molecule has 0 radical (unpaired) electrons. The van der Waals surface area contributed by atoms with Crippen molar-refractivity contribution in [3.8, 4) is 0 Å². The molecule has 1 saturated carbocycles. The van der Waals surface area contributed by atoms with Gasteiger partial charge in [0.05, 0.1) is 10.6 Å².